The van der Waals surface area contributed by atoms with E-state index in [2.05, 4.69) is 28.2 Å². The van der Waals surface area contributed by atoms with Crippen molar-refractivity contribution >= 4 is 49.0 Å². The lowest BCUT2D eigenvalue weighted by atomic mass is 10.0. The highest BCUT2D eigenvalue weighted by molar-refractivity contribution is 9.10. The van der Waals surface area contributed by atoms with Gasteiger partial charge in [-0.1, -0.05) is 68.3 Å². The first kappa shape index (κ1) is 29.6. The Morgan fingerprint density at radius 3 is 2.40 bits per heavy atom. The molecule has 0 aromatic heterocycles. The second-order valence-corrected chi connectivity index (χ2v) is 12.6. The standard InChI is InChI=1S/C30H33BrN2O6S/c1-3-4-11-21-18-33(23-14-9-6-10-15-23)25-16-24(31)26(17-27(25)40(36,37)20-21)39-19-28(34)32-29(30(35)38-2)22-12-7-5-8-13-22/h5-10,12-17,21,29H,3-4,11,18-20H2,1-2H3,(H,32,34). The summed E-state index contributed by atoms with van der Waals surface area (Å²) in [7, 11) is -2.40. The predicted molar refractivity (Wildman–Crippen MR) is 157 cm³/mol. The molecule has 8 nitrogen and oxygen atoms in total. The molecule has 4 rings (SSSR count). The van der Waals surface area contributed by atoms with E-state index in [1.165, 1.54) is 13.2 Å². The highest BCUT2D eigenvalue weighted by Crippen LogP contribution is 2.42. The van der Waals surface area contributed by atoms with E-state index in [4.69, 9.17) is 9.47 Å². The number of fused-ring (bicyclic) bond motifs is 1. The summed E-state index contributed by atoms with van der Waals surface area (Å²) in [5.41, 5.74) is 2.03. The zero-order valence-corrected chi connectivity index (χ0v) is 24.9. The highest BCUT2D eigenvalue weighted by Gasteiger charge is 2.33. The summed E-state index contributed by atoms with van der Waals surface area (Å²) in [5.74, 6) is -0.973. The van der Waals surface area contributed by atoms with Crippen LogP contribution in [-0.2, 0) is 24.2 Å². The number of esters is 1. The number of halogens is 1. The van der Waals surface area contributed by atoms with E-state index in [1.807, 2.05) is 35.2 Å². The van der Waals surface area contributed by atoms with Gasteiger partial charge in [-0.25, -0.2) is 13.2 Å². The molecule has 1 amide bonds. The number of carbonyl (C=O) groups is 2. The third-order valence-electron chi connectivity index (χ3n) is 6.80. The maximum atomic E-state index is 13.6. The molecule has 3 aromatic carbocycles. The van der Waals surface area contributed by atoms with Crippen molar-refractivity contribution in [3.8, 4) is 5.75 Å². The van der Waals surface area contributed by atoms with Crippen LogP contribution in [0.5, 0.6) is 5.75 Å². The third-order valence-corrected chi connectivity index (χ3v) is 9.33. The lowest BCUT2D eigenvalue weighted by molar-refractivity contribution is -0.145. The minimum atomic E-state index is -3.65. The summed E-state index contributed by atoms with van der Waals surface area (Å²) in [5, 5.41) is 2.64. The Labute approximate surface area is 243 Å². The molecule has 0 saturated heterocycles. The molecule has 1 aliphatic rings. The highest BCUT2D eigenvalue weighted by atomic mass is 79.9. The molecular formula is C30H33BrN2O6S. The van der Waals surface area contributed by atoms with Crippen LogP contribution in [0.4, 0.5) is 11.4 Å². The van der Waals surface area contributed by atoms with Gasteiger partial charge >= 0.3 is 5.97 Å². The molecule has 40 heavy (non-hydrogen) atoms. The number of rotatable bonds is 10. The van der Waals surface area contributed by atoms with Crippen LogP contribution in [0.25, 0.3) is 0 Å². The summed E-state index contributed by atoms with van der Waals surface area (Å²) in [6.45, 7) is 2.23. The van der Waals surface area contributed by atoms with Gasteiger partial charge in [0.05, 0.1) is 27.9 Å². The third kappa shape index (κ3) is 7.03. The number of benzene rings is 3. The number of anilines is 2. The predicted octanol–water partition coefficient (Wildman–Crippen LogP) is 5.59. The van der Waals surface area contributed by atoms with Crippen LogP contribution in [0.15, 0.2) is 82.2 Å². The van der Waals surface area contributed by atoms with Gasteiger partial charge in [0.1, 0.15) is 5.75 Å². The first-order valence-corrected chi connectivity index (χ1v) is 15.6. The molecule has 0 saturated carbocycles. The van der Waals surface area contributed by atoms with Crippen LogP contribution in [0.3, 0.4) is 0 Å². The average molecular weight is 630 g/mol. The number of nitrogens with one attached hydrogen (secondary N) is 1. The van der Waals surface area contributed by atoms with Crippen LogP contribution in [-0.4, -0.2) is 46.3 Å². The summed E-state index contributed by atoms with van der Waals surface area (Å²) in [6, 6.07) is 20.7. The number of para-hydroxylation sites is 1. The fraction of sp³-hybridized carbons (Fsp3) is 0.333. The Kier molecular flexibility index (Phi) is 9.86. The first-order chi connectivity index (χ1) is 19.2. The Hall–Kier alpha value is -3.37. The molecule has 0 aliphatic carbocycles. The summed E-state index contributed by atoms with van der Waals surface area (Å²) >= 11 is 3.52. The Morgan fingerprint density at radius 1 is 1.07 bits per heavy atom. The van der Waals surface area contributed by atoms with Gasteiger partial charge in [-0.3, -0.25) is 4.79 Å². The molecule has 0 fully saturated rings. The van der Waals surface area contributed by atoms with E-state index >= 15 is 0 Å². The molecule has 212 valence electrons. The van der Waals surface area contributed by atoms with Crippen molar-refractivity contribution in [2.45, 2.75) is 37.1 Å². The molecule has 1 N–H and O–H groups in total. The van der Waals surface area contributed by atoms with Gasteiger partial charge in [0.2, 0.25) is 0 Å². The summed E-state index contributed by atoms with van der Waals surface area (Å²) in [6.07, 6.45) is 2.74. The van der Waals surface area contributed by atoms with E-state index in [0.29, 0.717) is 22.3 Å². The second kappa shape index (κ2) is 13.3. The number of methoxy groups -OCH3 is 1. The minimum Gasteiger partial charge on any atom is -0.483 e. The summed E-state index contributed by atoms with van der Waals surface area (Å²) < 4.78 is 38.4. The van der Waals surface area contributed by atoms with E-state index in [0.717, 1.165) is 24.9 Å². The molecule has 3 aromatic rings. The van der Waals surface area contributed by atoms with Crippen molar-refractivity contribution in [2.24, 2.45) is 5.92 Å². The number of amides is 1. The molecule has 1 aliphatic heterocycles. The van der Waals surface area contributed by atoms with Gasteiger partial charge in [0, 0.05) is 18.3 Å². The van der Waals surface area contributed by atoms with Gasteiger partial charge in [-0.15, -0.1) is 0 Å². The van der Waals surface area contributed by atoms with Gasteiger partial charge in [0.25, 0.3) is 5.91 Å². The summed E-state index contributed by atoms with van der Waals surface area (Å²) in [4.78, 5) is 27.3. The zero-order chi connectivity index (χ0) is 28.7. The van der Waals surface area contributed by atoms with Gasteiger partial charge < -0.3 is 19.7 Å². The van der Waals surface area contributed by atoms with Crippen molar-refractivity contribution in [1.29, 1.82) is 0 Å². The first-order valence-electron chi connectivity index (χ1n) is 13.2. The molecule has 0 radical (unpaired) electrons. The number of ether oxygens (including phenoxy) is 2. The van der Waals surface area contributed by atoms with Crippen molar-refractivity contribution in [2.75, 3.05) is 30.9 Å². The molecular weight excluding hydrogens is 596 g/mol. The van der Waals surface area contributed by atoms with E-state index in [1.54, 1.807) is 36.4 Å². The van der Waals surface area contributed by atoms with Crippen LogP contribution in [0, 0.1) is 5.92 Å². The Bertz CT molecular complexity index is 1430. The van der Waals surface area contributed by atoms with E-state index in [-0.39, 0.29) is 22.3 Å². The number of hydrogen-bond acceptors (Lipinski definition) is 7. The number of carbonyl (C=O) groups excluding carboxylic acids is 2. The molecule has 0 spiro atoms. The number of hydrogen-bond donors (Lipinski definition) is 1. The normalized spacial score (nSPS) is 16.8. The maximum absolute atomic E-state index is 13.6. The molecule has 2 atom stereocenters. The largest absolute Gasteiger partial charge is 0.483 e. The second-order valence-electron chi connectivity index (χ2n) is 9.71. The number of sulfone groups is 1. The van der Waals surface area contributed by atoms with E-state index in [9.17, 15) is 18.0 Å². The van der Waals surface area contributed by atoms with Gasteiger partial charge in [0.15, 0.2) is 22.5 Å². The van der Waals surface area contributed by atoms with Crippen LogP contribution in [0.2, 0.25) is 0 Å². The van der Waals surface area contributed by atoms with Crippen LogP contribution >= 0.6 is 15.9 Å². The molecule has 2 unspecified atom stereocenters. The van der Waals surface area contributed by atoms with Crippen molar-refractivity contribution in [3.63, 3.8) is 0 Å². The Morgan fingerprint density at radius 2 is 1.75 bits per heavy atom. The van der Waals surface area contributed by atoms with Gasteiger partial charge in [-0.05, 0) is 52.0 Å². The van der Waals surface area contributed by atoms with Crippen molar-refractivity contribution < 1.29 is 27.5 Å². The van der Waals surface area contributed by atoms with E-state index < -0.39 is 34.4 Å². The lowest BCUT2D eigenvalue weighted by Gasteiger charge is -2.28. The van der Waals surface area contributed by atoms with Crippen molar-refractivity contribution in [3.05, 3.63) is 82.8 Å². The van der Waals surface area contributed by atoms with Crippen LogP contribution < -0.4 is 15.0 Å². The molecule has 1 heterocycles. The lowest BCUT2D eigenvalue weighted by Crippen LogP contribution is -2.37. The topological polar surface area (TPSA) is 102 Å². The van der Waals surface area contributed by atoms with Crippen LogP contribution in [0.1, 0.15) is 37.8 Å². The zero-order valence-electron chi connectivity index (χ0n) is 22.5. The Balaban J connectivity index is 1.61. The smallest absolute Gasteiger partial charge is 0.333 e. The number of nitrogens with zero attached hydrogens (tertiary/aromatic N) is 1. The number of unbranched alkanes of at least 4 members (excludes halogenated alkanes) is 1. The molecule has 10 heteroatoms. The maximum Gasteiger partial charge on any atom is 0.333 e. The average Bonchev–Trinajstić information content (AvgIpc) is 3.07. The monoisotopic (exact) mass is 628 g/mol. The molecule has 0 bridgehead atoms. The van der Waals surface area contributed by atoms with Gasteiger partial charge in [-0.2, -0.15) is 0 Å². The fourth-order valence-electron chi connectivity index (χ4n) is 4.81. The minimum absolute atomic E-state index is 0.0305. The SMILES string of the molecule is CCCCC1CN(c2ccccc2)c2cc(Br)c(OCC(=O)NC(C(=O)OC)c3ccccc3)cc2S(=O)(=O)C1. The van der Waals surface area contributed by atoms with Crippen molar-refractivity contribution in [1.82, 2.24) is 5.32 Å². The fourth-order valence-corrected chi connectivity index (χ4v) is 7.10. The quantitative estimate of drug-likeness (QED) is 0.292.